The highest BCUT2D eigenvalue weighted by Gasteiger charge is 2.31. The Labute approximate surface area is 114 Å². The van der Waals surface area contributed by atoms with Gasteiger partial charge in [0.15, 0.2) is 0 Å². The largest absolute Gasteiger partial charge is 0.321 e. The van der Waals surface area contributed by atoms with Crippen molar-refractivity contribution in [2.24, 2.45) is 5.73 Å². The molecule has 1 aliphatic carbocycles. The summed E-state index contributed by atoms with van der Waals surface area (Å²) >= 11 is 0. The molecule has 0 saturated heterocycles. The number of hydrogen-bond donors (Lipinski definition) is 1. The van der Waals surface area contributed by atoms with Crippen LogP contribution in [-0.2, 0) is 16.8 Å². The third-order valence-corrected chi connectivity index (χ3v) is 4.74. The number of rotatable bonds is 1. The topological polar surface area (TPSA) is 46.3 Å². The van der Waals surface area contributed by atoms with E-state index in [-0.39, 0.29) is 11.4 Å². The molecule has 2 N–H and O–H groups in total. The minimum atomic E-state index is -0.146. The Bertz CT molecular complexity index is 503. The standard InChI is InChI=1S/C16H22N2O/c1-18-14-7-6-13(11-12(14)5-8-15(18)19)16(17)9-3-2-4-10-16/h6-7,11H,2-5,8-10,17H2,1H3. The Morgan fingerprint density at radius 2 is 1.89 bits per heavy atom. The molecular formula is C16H22N2O. The summed E-state index contributed by atoms with van der Waals surface area (Å²) in [6.45, 7) is 0. The number of carbonyl (C=O) groups is 1. The molecule has 1 aromatic rings. The molecule has 1 aliphatic heterocycles. The number of fused-ring (bicyclic) bond motifs is 1. The van der Waals surface area contributed by atoms with E-state index in [0.717, 1.165) is 24.9 Å². The van der Waals surface area contributed by atoms with E-state index < -0.39 is 0 Å². The van der Waals surface area contributed by atoms with Crippen molar-refractivity contribution in [1.29, 1.82) is 0 Å². The van der Waals surface area contributed by atoms with Crippen molar-refractivity contribution in [2.75, 3.05) is 11.9 Å². The smallest absolute Gasteiger partial charge is 0.227 e. The summed E-state index contributed by atoms with van der Waals surface area (Å²) in [5, 5.41) is 0. The molecule has 3 rings (SSSR count). The van der Waals surface area contributed by atoms with Crippen molar-refractivity contribution in [3.8, 4) is 0 Å². The summed E-state index contributed by atoms with van der Waals surface area (Å²) in [7, 11) is 1.86. The predicted molar refractivity (Wildman–Crippen MR) is 77.1 cm³/mol. The van der Waals surface area contributed by atoms with Crippen molar-refractivity contribution >= 4 is 11.6 Å². The highest BCUT2D eigenvalue weighted by atomic mass is 16.2. The van der Waals surface area contributed by atoms with Crippen molar-refractivity contribution in [3.63, 3.8) is 0 Å². The summed E-state index contributed by atoms with van der Waals surface area (Å²) in [5.41, 5.74) is 10.0. The number of anilines is 1. The van der Waals surface area contributed by atoms with Gasteiger partial charge in [-0.2, -0.15) is 0 Å². The van der Waals surface area contributed by atoms with E-state index in [4.69, 9.17) is 5.73 Å². The van der Waals surface area contributed by atoms with Gasteiger partial charge in [0, 0.05) is 24.7 Å². The molecule has 0 unspecified atom stereocenters. The van der Waals surface area contributed by atoms with Crippen LogP contribution in [0.5, 0.6) is 0 Å². The maximum Gasteiger partial charge on any atom is 0.227 e. The first kappa shape index (κ1) is 12.7. The van der Waals surface area contributed by atoms with Gasteiger partial charge in [-0.25, -0.2) is 0 Å². The number of benzene rings is 1. The summed E-state index contributed by atoms with van der Waals surface area (Å²) in [5.74, 6) is 0.209. The van der Waals surface area contributed by atoms with Gasteiger partial charge in [0.05, 0.1) is 0 Å². The summed E-state index contributed by atoms with van der Waals surface area (Å²) in [4.78, 5) is 13.5. The van der Waals surface area contributed by atoms with Crippen LogP contribution in [0.1, 0.15) is 49.7 Å². The molecule has 1 amide bonds. The number of carbonyl (C=O) groups excluding carboxylic acids is 1. The van der Waals surface area contributed by atoms with E-state index in [0.29, 0.717) is 6.42 Å². The Morgan fingerprint density at radius 3 is 2.63 bits per heavy atom. The highest BCUT2D eigenvalue weighted by molar-refractivity contribution is 5.95. The average molecular weight is 258 g/mol. The minimum absolute atomic E-state index is 0.146. The van der Waals surface area contributed by atoms with Gasteiger partial charge in [0.2, 0.25) is 5.91 Å². The fourth-order valence-corrected chi connectivity index (χ4v) is 3.44. The van der Waals surface area contributed by atoms with Gasteiger partial charge >= 0.3 is 0 Å². The Kier molecular flexibility index (Phi) is 3.09. The van der Waals surface area contributed by atoms with Crippen LogP contribution in [0.15, 0.2) is 18.2 Å². The second-order valence-corrected chi connectivity index (χ2v) is 6.01. The van der Waals surface area contributed by atoms with Gasteiger partial charge in [-0.1, -0.05) is 31.4 Å². The predicted octanol–water partition coefficient (Wildman–Crippen LogP) is 2.71. The third kappa shape index (κ3) is 2.16. The summed E-state index contributed by atoms with van der Waals surface area (Å²) < 4.78 is 0. The fourth-order valence-electron chi connectivity index (χ4n) is 3.44. The minimum Gasteiger partial charge on any atom is -0.321 e. The van der Waals surface area contributed by atoms with Gasteiger partial charge in [-0.15, -0.1) is 0 Å². The molecular weight excluding hydrogens is 236 g/mol. The Morgan fingerprint density at radius 1 is 1.16 bits per heavy atom. The van der Waals surface area contributed by atoms with Crippen molar-refractivity contribution in [1.82, 2.24) is 0 Å². The summed E-state index contributed by atoms with van der Waals surface area (Å²) in [6, 6.07) is 6.44. The van der Waals surface area contributed by atoms with Crippen molar-refractivity contribution in [2.45, 2.75) is 50.5 Å². The van der Waals surface area contributed by atoms with Crippen LogP contribution in [0.4, 0.5) is 5.69 Å². The second kappa shape index (κ2) is 4.64. The van der Waals surface area contributed by atoms with E-state index in [1.807, 2.05) is 7.05 Å². The molecule has 0 atom stereocenters. The molecule has 3 nitrogen and oxygen atoms in total. The maximum atomic E-state index is 11.7. The number of nitrogens with zero attached hydrogens (tertiary/aromatic N) is 1. The van der Waals surface area contributed by atoms with E-state index in [9.17, 15) is 4.79 Å². The number of amides is 1. The normalized spacial score (nSPS) is 22.2. The first-order chi connectivity index (χ1) is 9.10. The quantitative estimate of drug-likeness (QED) is 0.842. The molecule has 3 heteroatoms. The molecule has 19 heavy (non-hydrogen) atoms. The lowest BCUT2D eigenvalue weighted by Gasteiger charge is -2.35. The zero-order valence-corrected chi connectivity index (χ0v) is 11.6. The van der Waals surface area contributed by atoms with Crippen LogP contribution >= 0.6 is 0 Å². The molecule has 1 heterocycles. The van der Waals surface area contributed by atoms with Gasteiger partial charge in [0.25, 0.3) is 0 Å². The molecule has 1 fully saturated rings. The lowest BCUT2D eigenvalue weighted by atomic mass is 9.76. The molecule has 0 bridgehead atoms. The lowest BCUT2D eigenvalue weighted by Crippen LogP contribution is -2.39. The lowest BCUT2D eigenvalue weighted by molar-refractivity contribution is -0.118. The SMILES string of the molecule is CN1C(=O)CCc2cc(C3(N)CCCCC3)ccc21. The van der Waals surface area contributed by atoms with E-state index in [1.54, 1.807) is 4.90 Å². The van der Waals surface area contributed by atoms with Gasteiger partial charge < -0.3 is 10.6 Å². The van der Waals surface area contributed by atoms with Gasteiger partial charge in [-0.3, -0.25) is 4.79 Å². The van der Waals surface area contributed by atoms with E-state index in [2.05, 4.69) is 18.2 Å². The Balaban J connectivity index is 1.95. The van der Waals surface area contributed by atoms with Crippen molar-refractivity contribution in [3.05, 3.63) is 29.3 Å². The van der Waals surface area contributed by atoms with Crippen LogP contribution < -0.4 is 10.6 Å². The zero-order chi connectivity index (χ0) is 13.5. The first-order valence-electron chi connectivity index (χ1n) is 7.29. The van der Waals surface area contributed by atoms with Gasteiger partial charge in [0.1, 0.15) is 0 Å². The molecule has 102 valence electrons. The van der Waals surface area contributed by atoms with E-state index >= 15 is 0 Å². The first-order valence-corrected chi connectivity index (χ1v) is 7.29. The van der Waals surface area contributed by atoms with Crippen LogP contribution in [0.3, 0.4) is 0 Å². The highest BCUT2D eigenvalue weighted by Crippen LogP contribution is 2.37. The van der Waals surface area contributed by atoms with Crippen LogP contribution in [-0.4, -0.2) is 13.0 Å². The molecule has 1 aromatic carbocycles. The molecule has 0 spiro atoms. The maximum absolute atomic E-state index is 11.7. The molecule has 1 saturated carbocycles. The average Bonchev–Trinajstić information content (AvgIpc) is 2.43. The number of aryl methyl sites for hydroxylation is 1. The fraction of sp³-hybridized carbons (Fsp3) is 0.562. The van der Waals surface area contributed by atoms with Crippen molar-refractivity contribution < 1.29 is 4.79 Å². The second-order valence-electron chi connectivity index (χ2n) is 6.01. The molecule has 2 aliphatic rings. The van der Waals surface area contributed by atoms with E-state index in [1.165, 1.54) is 30.4 Å². The van der Waals surface area contributed by atoms with Crippen LogP contribution in [0, 0.1) is 0 Å². The monoisotopic (exact) mass is 258 g/mol. The Hall–Kier alpha value is -1.35. The number of nitrogens with two attached hydrogens (primary N) is 1. The molecule has 0 radical (unpaired) electrons. The third-order valence-electron chi connectivity index (χ3n) is 4.74. The van der Waals surface area contributed by atoms with Crippen LogP contribution in [0.2, 0.25) is 0 Å². The summed E-state index contributed by atoms with van der Waals surface area (Å²) in [6.07, 6.45) is 7.40. The van der Waals surface area contributed by atoms with Gasteiger partial charge in [-0.05, 0) is 36.5 Å². The van der Waals surface area contributed by atoms with Crippen LogP contribution in [0.25, 0.3) is 0 Å². The zero-order valence-electron chi connectivity index (χ0n) is 11.6. The molecule has 0 aromatic heterocycles. The number of hydrogen-bond acceptors (Lipinski definition) is 2.